The van der Waals surface area contributed by atoms with E-state index in [2.05, 4.69) is 51.8 Å². The largest absolute Gasteiger partial charge is 0.495 e. The predicted molar refractivity (Wildman–Crippen MR) is 143 cm³/mol. The van der Waals surface area contributed by atoms with Crippen molar-refractivity contribution in [3.8, 4) is 11.5 Å². The Labute approximate surface area is 222 Å². The third kappa shape index (κ3) is 6.09. The molecule has 0 aliphatic rings. The van der Waals surface area contributed by atoms with Gasteiger partial charge in [-0.2, -0.15) is 0 Å². The number of carbonyl (C=O) groups excluding carboxylic acids is 1. The summed E-state index contributed by atoms with van der Waals surface area (Å²) in [6.07, 6.45) is 1.64. The predicted octanol–water partition coefficient (Wildman–Crippen LogP) is 5.69. The number of methoxy groups -OCH3 is 1. The molecule has 2 aromatic rings. The molecule has 0 saturated carbocycles. The highest BCUT2D eigenvalue weighted by molar-refractivity contribution is 14.1. The van der Waals surface area contributed by atoms with E-state index in [0.29, 0.717) is 24.2 Å². The minimum atomic E-state index is -1.02. The van der Waals surface area contributed by atoms with Gasteiger partial charge in [0, 0.05) is 3.57 Å². The molecule has 0 heterocycles. The third-order valence-corrected chi connectivity index (χ3v) is 7.11. The zero-order valence-corrected chi connectivity index (χ0v) is 23.6. The molecule has 0 bridgehead atoms. The smallest absolute Gasteiger partial charge is 0.342 e. The van der Waals surface area contributed by atoms with Crippen molar-refractivity contribution >= 4 is 108 Å². The van der Waals surface area contributed by atoms with Crippen molar-refractivity contribution in [1.82, 2.24) is 0 Å². The van der Waals surface area contributed by atoms with E-state index in [1.54, 1.807) is 18.2 Å². The maximum absolute atomic E-state index is 12.5. The van der Waals surface area contributed by atoms with E-state index in [9.17, 15) is 14.7 Å². The molecule has 0 unspecified atom stereocenters. The number of aromatic carboxylic acids is 1. The fourth-order valence-electron chi connectivity index (χ4n) is 2.35. The first-order valence-corrected chi connectivity index (χ1v) is 12.2. The average molecular weight is 846 g/mol. The molecule has 2 rings (SSSR count). The minimum Gasteiger partial charge on any atom is -0.495 e. The lowest BCUT2D eigenvalue weighted by molar-refractivity contribution is 0.0445. The molecule has 0 radical (unpaired) electrons. The summed E-state index contributed by atoms with van der Waals surface area (Å²) in [5.41, 5.74) is 1.28. The highest BCUT2D eigenvalue weighted by atomic mass is 127. The first-order valence-electron chi connectivity index (χ1n) is 7.91. The second-order valence-corrected chi connectivity index (χ2v) is 10.0. The number of carbonyl (C=O) groups is 2. The monoisotopic (exact) mass is 846 g/mol. The highest BCUT2D eigenvalue weighted by Crippen LogP contribution is 2.33. The van der Waals surface area contributed by atoms with Crippen LogP contribution in [0.15, 0.2) is 24.8 Å². The Morgan fingerprint density at radius 1 is 1.03 bits per heavy atom. The van der Waals surface area contributed by atoms with Crippen LogP contribution in [0.3, 0.4) is 0 Å². The Hall–Kier alpha value is -0.360. The molecule has 0 spiro atoms. The summed E-state index contributed by atoms with van der Waals surface area (Å²) in [4.78, 5) is 24.0. The molecule has 1 N–H and O–H groups in total. The summed E-state index contributed by atoms with van der Waals surface area (Å²) in [6.45, 7) is 3.80. The molecule has 0 aliphatic heterocycles. The Bertz CT molecular complexity index is 974. The normalized spacial score (nSPS) is 10.4. The molecule has 0 aromatic heterocycles. The van der Waals surface area contributed by atoms with Crippen molar-refractivity contribution in [2.75, 3.05) is 20.3 Å². The number of hydrogen-bond donors (Lipinski definition) is 1. The topological polar surface area (TPSA) is 82.1 Å². The van der Waals surface area contributed by atoms with Crippen LogP contribution >= 0.6 is 90.4 Å². The van der Waals surface area contributed by atoms with E-state index in [1.165, 1.54) is 7.11 Å². The van der Waals surface area contributed by atoms with Crippen LogP contribution in [0.25, 0.3) is 6.08 Å². The maximum Gasteiger partial charge on any atom is 0.342 e. The van der Waals surface area contributed by atoms with E-state index >= 15 is 0 Å². The van der Waals surface area contributed by atoms with Crippen LogP contribution in [0.1, 0.15) is 26.3 Å². The first kappa shape index (κ1) is 24.9. The van der Waals surface area contributed by atoms with Gasteiger partial charge in [0.05, 0.1) is 23.4 Å². The van der Waals surface area contributed by atoms with Gasteiger partial charge in [-0.05, 0) is 114 Å². The molecular formula is C19H14I4O6. The molecule has 10 heteroatoms. The van der Waals surface area contributed by atoms with E-state index in [0.717, 1.165) is 12.7 Å². The third-order valence-electron chi connectivity index (χ3n) is 3.63. The number of esters is 1. The molecule has 6 nitrogen and oxygen atoms in total. The van der Waals surface area contributed by atoms with Crippen molar-refractivity contribution in [2.45, 2.75) is 0 Å². The van der Waals surface area contributed by atoms with Gasteiger partial charge in [-0.1, -0.05) is 12.7 Å². The molecule has 0 saturated heterocycles. The standard InChI is InChI=1S/C19H14I4O6/c1-3-9-6-10(16(27-2)12(21)7-9)19(26)29-5-4-28-17-13(22)8-11(20)14(15(17)23)18(24)25/h3,6-8H,1,4-5H2,2H3,(H,24,25). The summed E-state index contributed by atoms with van der Waals surface area (Å²) >= 11 is 8.10. The van der Waals surface area contributed by atoms with Crippen molar-refractivity contribution in [3.63, 3.8) is 0 Å². The first-order chi connectivity index (χ1) is 13.7. The number of halogens is 4. The SMILES string of the molecule is C=Cc1cc(I)c(OC)c(C(=O)OCCOc2c(I)cc(I)c(C(=O)O)c2I)c1. The highest BCUT2D eigenvalue weighted by Gasteiger charge is 2.21. The molecular weight excluding hydrogens is 832 g/mol. The Balaban J connectivity index is 2.10. The van der Waals surface area contributed by atoms with E-state index < -0.39 is 11.9 Å². The minimum absolute atomic E-state index is 0.00254. The van der Waals surface area contributed by atoms with Crippen molar-refractivity contribution < 1.29 is 28.9 Å². The second-order valence-electron chi connectivity index (χ2n) is 5.44. The number of ether oxygens (including phenoxy) is 3. The molecule has 0 amide bonds. The average Bonchev–Trinajstić information content (AvgIpc) is 2.65. The van der Waals surface area contributed by atoms with Gasteiger partial charge in [-0.15, -0.1) is 0 Å². The Kier molecular flexibility index (Phi) is 9.72. The lowest BCUT2D eigenvalue weighted by Gasteiger charge is -2.14. The number of benzene rings is 2. The molecule has 2 aromatic carbocycles. The molecule has 0 fully saturated rings. The van der Waals surface area contributed by atoms with Gasteiger partial charge in [0.2, 0.25) is 0 Å². The molecule has 0 atom stereocenters. The van der Waals surface area contributed by atoms with Crippen LogP contribution in [0.4, 0.5) is 0 Å². The Morgan fingerprint density at radius 2 is 1.69 bits per heavy atom. The Morgan fingerprint density at radius 3 is 2.28 bits per heavy atom. The summed E-state index contributed by atoms with van der Waals surface area (Å²) in [7, 11) is 1.49. The van der Waals surface area contributed by atoms with E-state index in [4.69, 9.17) is 14.2 Å². The zero-order chi connectivity index (χ0) is 21.7. The van der Waals surface area contributed by atoms with Crippen LogP contribution in [-0.2, 0) is 4.74 Å². The number of carboxylic acid groups (broad SMARTS) is 1. The number of rotatable bonds is 8. The lowest BCUT2D eigenvalue weighted by atomic mass is 10.1. The fourth-order valence-corrected chi connectivity index (χ4v) is 7.36. The van der Waals surface area contributed by atoms with Gasteiger partial charge >= 0.3 is 11.9 Å². The maximum atomic E-state index is 12.5. The van der Waals surface area contributed by atoms with Crippen LogP contribution in [0.5, 0.6) is 11.5 Å². The van der Waals surface area contributed by atoms with Crippen LogP contribution in [0, 0.1) is 14.3 Å². The molecule has 29 heavy (non-hydrogen) atoms. The summed E-state index contributed by atoms with van der Waals surface area (Å²) < 4.78 is 19.1. The second kappa shape index (κ2) is 11.3. The zero-order valence-electron chi connectivity index (χ0n) is 14.9. The van der Waals surface area contributed by atoms with Crippen LogP contribution < -0.4 is 9.47 Å². The molecule has 154 valence electrons. The van der Waals surface area contributed by atoms with Crippen LogP contribution in [-0.4, -0.2) is 37.4 Å². The van der Waals surface area contributed by atoms with E-state index in [1.807, 2.05) is 51.2 Å². The van der Waals surface area contributed by atoms with Gasteiger partial charge in [0.15, 0.2) is 0 Å². The summed E-state index contributed by atoms with van der Waals surface area (Å²) in [5, 5.41) is 9.39. The molecule has 0 aliphatic carbocycles. The van der Waals surface area contributed by atoms with Gasteiger partial charge in [0.1, 0.15) is 30.3 Å². The van der Waals surface area contributed by atoms with Gasteiger partial charge in [-0.25, -0.2) is 9.59 Å². The van der Waals surface area contributed by atoms with Gasteiger partial charge in [0.25, 0.3) is 0 Å². The van der Waals surface area contributed by atoms with E-state index in [-0.39, 0.29) is 18.8 Å². The lowest BCUT2D eigenvalue weighted by Crippen LogP contribution is -2.15. The quantitative estimate of drug-likeness (QED) is 0.209. The van der Waals surface area contributed by atoms with Crippen molar-refractivity contribution in [3.05, 3.63) is 55.7 Å². The summed E-state index contributed by atoms with van der Waals surface area (Å²) in [5.74, 6) is -0.656. The number of carboxylic acids is 1. The fraction of sp³-hybridized carbons (Fsp3) is 0.158. The van der Waals surface area contributed by atoms with Crippen molar-refractivity contribution in [2.24, 2.45) is 0 Å². The van der Waals surface area contributed by atoms with Crippen molar-refractivity contribution in [1.29, 1.82) is 0 Å². The number of hydrogen-bond acceptors (Lipinski definition) is 5. The van der Waals surface area contributed by atoms with Gasteiger partial charge in [-0.3, -0.25) is 0 Å². The van der Waals surface area contributed by atoms with Gasteiger partial charge < -0.3 is 19.3 Å². The van der Waals surface area contributed by atoms with Crippen LogP contribution in [0.2, 0.25) is 0 Å². The summed E-state index contributed by atoms with van der Waals surface area (Å²) in [6, 6.07) is 5.25.